The first-order valence-electron chi connectivity index (χ1n) is 4.17. The van der Waals surface area contributed by atoms with Crippen molar-refractivity contribution in [3.05, 3.63) is 49.8 Å². The van der Waals surface area contributed by atoms with Crippen LogP contribution < -0.4 is 5.56 Å². The van der Waals surface area contributed by atoms with Gasteiger partial charge in [0.25, 0.3) is 5.56 Å². The smallest absolute Gasteiger partial charge is 0.265 e. The third-order valence-electron chi connectivity index (χ3n) is 1.87. The van der Waals surface area contributed by atoms with E-state index in [4.69, 9.17) is 0 Å². The Labute approximate surface area is 103 Å². The maximum absolute atomic E-state index is 11.3. The Bertz CT molecular complexity index is 534. The van der Waals surface area contributed by atoms with Crippen molar-refractivity contribution in [1.29, 1.82) is 0 Å². The molecule has 5 heteroatoms. The Morgan fingerprint density at radius 3 is 2.40 bits per heavy atom. The minimum absolute atomic E-state index is 0.178. The molecule has 0 atom stereocenters. The van der Waals surface area contributed by atoms with E-state index in [2.05, 4.69) is 41.8 Å². The van der Waals surface area contributed by atoms with Crippen molar-refractivity contribution in [1.82, 2.24) is 9.97 Å². The van der Waals surface area contributed by atoms with E-state index in [0.717, 1.165) is 10.0 Å². The Morgan fingerprint density at radius 1 is 1.13 bits per heavy atom. The van der Waals surface area contributed by atoms with Gasteiger partial charge in [-0.1, -0.05) is 28.1 Å². The molecule has 0 aliphatic carbocycles. The van der Waals surface area contributed by atoms with Gasteiger partial charge in [-0.3, -0.25) is 4.79 Å². The highest BCUT2D eigenvalue weighted by atomic mass is 79.9. The van der Waals surface area contributed by atoms with Gasteiger partial charge in [0, 0.05) is 16.2 Å². The number of hydrogen-bond donors (Lipinski definition) is 1. The molecular weight excluding hydrogens is 324 g/mol. The van der Waals surface area contributed by atoms with Crippen molar-refractivity contribution in [2.24, 2.45) is 0 Å². The fraction of sp³-hybridized carbons (Fsp3) is 0. The Hall–Kier alpha value is -0.940. The highest BCUT2D eigenvalue weighted by Crippen LogP contribution is 2.17. The summed E-state index contributed by atoms with van der Waals surface area (Å²) in [6.45, 7) is 0. The molecule has 0 fully saturated rings. The number of benzene rings is 1. The predicted molar refractivity (Wildman–Crippen MR) is 65.7 cm³/mol. The maximum atomic E-state index is 11.3. The van der Waals surface area contributed by atoms with E-state index in [1.807, 2.05) is 24.3 Å². The monoisotopic (exact) mass is 328 g/mol. The Kier molecular flexibility index (Phi) is 3.02. The van der Waals surface area contributed by atoms with Gasteiger partial charge in [0.15, 0.2) is 0 Å². The van der Waals surface area contributed by atoms with Gasteiger partial charge < -0.3 is 4.98 Å². The molecule has 0 unspecified atom stereocenters. The zero-order chi connectivity index (χ0) is 10.8. The van der Waals surface area contributed by atoms with Gasteiger partial charge >= 0.3 is 0 Å². The quantitative estimate of drug-likeness (QED) is 0.874. The molecule has 0 saturated heterocycles. The fourth-order valence-electron chi connectivity index (χ4n) is 1.13. The SMILES string of the molecule is O=c1[nH]c(-c2ccc(Br)cc2)ncc1Br. The maximum Gasteiger partial charge on any atom is 0.265 e. The van der Waals surface area contributed by atoms with Crippen molar-refractivity contribution in [3.8, 4) is 11.4 Å². The summed E-state index contributed by atoms with van der Waals surface area (Å²) in [7, 11) is 0. The molecule has 1 heterocycles. The molecule has 0 aliphatic rings. The highest BCUT2D eigenvalue weighted by molar-refractivity contribution is 9.10. The van der Waals surface area contributed by atoms with Crippen molar-refractivity contribution >= 4 is 31.9 Å². The number of nitrogens with zero attached hydrogens (tertiary/aromatic N) is 1. The molecule has 0 bridgehead atoms. The first-order chi connectivity index (χ1) is 7.16. The first-order valence-corrected chi connectivity index (χ1v) is 5.76. The minimum Gasteiger partial charge on any atom is -0.306 e. The number of aromatic amines is 1. The molecule has 0 saturated carbocycles. The summed E-state index contributed by atoms with van der Waals surface area (Å²) in [5.74, 6) is 0.565. The Balaban J connectivity index is 2.50. The topological polar surface area (TPSA) is 45.8 Å². The van der Waals surface area contributed by atoms with Crippen LogP contribution >= 0.6 is 31.9 Å². The Morgan fingerprint density at radius 2 is 1.80 bits per heavy atom. The molecule has 2 aromatic rings. The molecule has 3 nitrogen and oxygen atoms in total. The van der Waals surface area contributed by atoms with Crippen LogP contribution in [0.15, 0.2) is 44.2 Å². The van der Waals surface area contributed by atoms with Crippen molar-refractivity contribution in [2.75, 3.05) is 0 Å². The molecule has 2 rings (SSSR count). The molecule has 0 aliphatic heterocycles. The lowest BCUT2D eigenvalue weighted by Crippen LogP contribution is -2.08. The van der Waals surface area contributed by atoms with Gasteiger partial charge in [0.2, 0.25) is 0 Å². The van der Waals surface area contributed by atoms with Gasteiger partial charge in [0.05, 0.1) is 0 Å². The van der Waals surface area contributed by atoms with Gasteiger partial charge in [-0.25, -0.2) is 4.98 Å². The van der Waals surface area contributed by atoms with Crippen molar-refractivity contribution < 1.29 is 0 Å². The van der Waals surface area contributed by atoms with E-state index < -0.39 is 0 Å². The number of nitrogens with one attached hydrogen (secondary N) is 1. The van der Waals surface area contributed by atoms with Crippen LogP contribution in [0.25, 0.3) is 11.4 Å². The van der Waals surface area contributed by atoms with E-state index >= 15 is 0 Å². The summed E-state index contributed by atoms with van der Waals surface area (Å²) in [4.78, 5) is 18.1. The molecule has 0 amide bonds. The second kappa shape index (κ2) is 4.28. The number of hydrogen-bond acceptors (Lipinski definition) is 2. The lowest BCUT2D eigenvalue weighted by molar-refractivity contribution is 1.11. The number of halogens is 2. The normalized spacial score (nSPS) is 10.3. The van der Waals surface area contributed by atoms with Crippen LogP contribution in [0.5, 0.6) is 0 Å². The fourth-order valence-corrected chi connectivity index (χ4v) is 1.60. The molecule has 76 valence electrons. The molecule has 1 N–H and O–H groups in total. The van der Waals surface area contributed by atoms with E-state index in [0.29, 0.717) is 10.3 Å². The van der Waals surface area contributed by atoms with Crippen molar-refractivity contribution in [2.45, 2.75) is 0 Å². The predicted octanol–water partition coefficient (Wildman–Crippen LogP) is 2.96. The van der Waals surface area contributed by atoms with Gasteiger partial charge in [0.1, 0.15) is 10.3 Å². The summed E-state index contributed by atoms with van der Waals surface area (Å²) >= 11 is 6.44. The van der Waals surface area contributed by atoms with Crippen LogP contribution in [0.3, 0.4) is 0 Å². The van der Waals surface area contributed by atoms with Crippen LogP contribution in [-0.2, 0) is 0 Å². The van der Waals surface area contributed by atoms with Crippen LogP contribution in [0, 0.1) is 0 Å². The zero-order valence-electron chi connectivity index (χ0n) is 7.50. The van der Waals surface area contributed by atoms with Crippen LogP contribution in [0.4, 0.5) is 0 Å². The first kappa shape index (κ1) is 10.6. The number of rotatable bonds is 1. The second-order valence-corrected chi connectivity index (χ2v) is 4.69. The van der Waals surface area contributed by atoms with Crippen LogP contribution in [0.2, 0.25) is 0 Å². The highest BCUT2D eigenvalue weighted by Gasteiger charge is 2.01. The molecular formula is C10H6Br2N2O. The van der Waals surface area contributed by atoms with Gasteiger partial charge in [-0.2, -0.15) is 0 Å². The summed E-state index contributed by atoms with van der Waals surface area (Å²) in [5, 5.41) is 0. The second-order valence-electron chi connectivity index (χ2n) is 2.92. The van der Waals surface area contributed by atoms with Crippen molar-refractivity contribution in [3.63, 3.8) is 0 Å². The minimum atomic E-state index is -0.178. The van der Waals surface area contributed by atoms with E-state index in [9.17, 15) is 4.79 Å². The summed E-state index contributed by atoms with van der Waals surface area (Å²) in [6.07, 6.45) is 1.50. The van der Waals surface area contributed by atoms with E-state index in [1.54, 1.807) is 0 Å². The number of aromatic nitrogens is 2. The third kappa shape index (κ3) is 2.35. The standard InChI is InChI=1S/C10H6Br2N2O/c11-7-3-1-6(2-4-7)9-13-5-8(12)10(15)14-9/h1-5H,(H,13,14,15). The molecule has 15 heavy (non-hydrogen) atoms. The average Bonchev–Trinajstić information content (AvgIpc) is 2.23. The third-order valence-corrected chi connectivity index (χ3v) is 2.97. The van der Waals surface area contributed by atoms with E-state index in [1.165, 1.54) is 6.20 Å². The lowest BCUT2D eigenvalue weighted by Gasteiger charge is -2.00. The van der Waals surface area contributed by atoms with Crippen LogP contribution in [0.1, 0.15) is 0 Å². The summed E-state index contributed by atoms with van der Waals surface area (Å²) in [5.41, 5.74) is 0.700. The molecule has 0 spiro atoms. The number of H-pyrrole nitrogens is 1. The largest absolute Gasteiger partial charge is 0.306 e. The van der Waals surface area contributed by atoms with Gasteiger partial charge in [-0.15, -0.1) is 0 Å². The lowest BCUT2D eigenvalue weighted by atomic mass is 10.2. The molecule has 1 aromatic heterocycles. The van der Waals surface area contributed by atoms with Crippen LogP contribution in [-0.4, -0.2) is 9.97 Å². The van der Waals surface area contributed by atoms with Gasteiger partial charge in [-0.05, 0) is 28.1 Å². The molecule has 0 radical (unpaired) electrons. The van der Waals surface area contributed by atoms with E-state index in [-0.39, 0.29) is 5.56 Å². The zero-order valence-corrected chi connectivity index (χ0v) is 10.7. The summed E-state index contributed by atoms with van der Waals surface area (Å²) < 4.78 is 1.43. The molecule has 1 aromatic carbocycles. The summed E-state index contributed by atoms with van der Waals surface area (Å²) in [6, 6.07) is 7.57. The average molecular weight is 330 g/mol.